The van der Waals surface area contributed by atoms with Crippen LogP contribution in [0.4, 0.5) is 22.7 Å². The van der Waals surface area contributed by atoms with Gasteiger partial charge in [-0.05, 0) is 150 Å². The highest BCUT2D eigenvalue weighted by atomic mass is 15.1. The zero-order valence-corrected chi connectivity index (χ0v) is 36.2. The minimum absolute atomic E-state index is 0.807. The monoisotopic (exact) mass is 773 g/mol. The van der Waals surface area contributed by atoms with E-state index in [1.54, 1.807) is 0 Å². The van der Waals surface area contributed by atoms with E-state index in [1.807, 2.05) is 0 Å². The van der Waals surface area contributed by atoms with Gasteiger partial charge in [0.25, 0.3) is 0 Å². The van der Waals surface area contributed by atoms with Crippen molar-refractivity contribution in [3.63, 3.8) is 0 Å². The number of aromatic nitrogens is 2. The molecule has 0 aliphatic rings. The highest BCUT2D eigenvalue weighted by Crippen LogP contribution is 2.24. The predicted molar refractivity (Wildman–Crippen MR) is 258 cm³/mol. The molecule has 6 heteroatoms. The van der Waals surface area contributed by atoms with Crippen molar-refractivity contribution in [1.82, 2.24) is 9.97 Å². The summed E-state index contributed by atoms with van der Waals surface area (Å²) >= 11 is 0. The summed E-state index contributed by atoms with van der Waals surface area (Å²) < 4.78 is 0. The molecule has 0 atom stereocenters. The number of rotatable bonds is 20. The molecule has 302 valence electrons. The summed E-state index contributed by atoms with van der Waals surface area (Å²) in [6, 6.07) is 35.0. The third-order valence-electron chi connectivity index (χ3n) is 10.8. The summed E-state index contributed by atoms with van der Waals surface area (Å²) in [6.07, 6.45) is 16.9. The average Bonchev–Trinajstić information content (AvgIpc) is 3.27. The van der Waals surface area contributed by atoms with Gasteiger partial charge in [0.2, 0.25) is 0 Å². The van der Waals surface area contributed by atoms with Crippen LogP contribution in [0.5, 0.6) is 0 Å². The van der Waals surface area contributed by atoms with Gasteiger partial charge in [0.05, 0.1) is 22.8 Å². The molecule has 0 aliphatic heterocycles. The van der Waals surface area contributed by atoms with Crippen LogP contribution in [-0.2, 0) is 0 Å². The van der Waals surface area contributed by atoms with Crippen LogP contribution in [0.3, 0.4) is 0 Å². The Balaban J connectivity index is 1.58. The van der Waals surface area contributed by atoms with E-state index in [2.05, 4.69) is 221 Å². The van der Waals surface area contributed by atoms with Crippen molar-refractivity contribution in [3.05, 3.63) is 142 Å². The minimum Gasteiger partial charge on any atom is -0.372 e. The molecule has 0 fully saturated rings. The maximum atomic E-state index is 5.32. The lowest BCUT2D eigenvalue weighted by atomic mass is 10.1. The molecule has 0 saturated carbocycles. The van der Waals surface area contributed by atoms with E-state index in [4.69, 9.17) is 9.97 Å². The standard InChI is InChI=1S/C52H64N6/c1-9-55(10-2)45-29-17-41(18-30-45)25-37-49-50(38-26-42-19-31-46(32-20-42)56(11-3)12-4)54-52(40-28-44-23-35-48(36-24-44)58(15-7)16-8)51(53-49)39-27-43-21-33-47(34-22-43)57(13-5)14-6/h17-40H,9-16H2,1-8H3. The van der Waals surface area contributed by atoms with Crippen molar-refractivity contribution in [2.24, 2.45) is 0 Å². The fourth-order valence-corrected chi connectivity index (χ4v) is 7.22. The van der Waals surface area contributed by atoms with Gasteiger partial charge in [-0.2, -0.15) is 0 Å². The van der Waals surface area contributed by atoms with E-state index in [9.17, 15) is 0 Å². The van der Waals surface area contributed by atoms with Crippen molar-refractivity contribution >= 4 is 71.4 Å². The van der Waals surface area contributed by atoms with Gasteiger partial charge in [0.15, 0.2) is 0 Å². The van der Waals surface area contributed by atoms with Gasteiger partial charge in [-0.25, -0.2) is 9.97 Å². The lowest BCUT2D eigenvalue weighted by Crippen LogP contribution is -2.21. The smallest absolute Gasteiger partial charge is 0.0894 e. The van der Waals surface area contributed by atoms with Crippen LogP contribution in [0.15, 0.2) is 97.1 Å². The maximum absolute atomic E-state index is 5.32. The fourth-order valence-electron chi connectivity index (χ4n) is 7.22. The molecule has 0 unspecified atom stereocenters. The first kappa shape index (κ1) is 43.2. The van der Waals surface area contributed by atoms with Crippen LogP contribution in [-0.4, -0.2) is 62.3 Å². The Morgan fingerprint density at radius 3 is 0.603 bits per heavy atom. The van der Waals surface area contributed by atoms with E-state index in [0.29, 0.717) is 0 Å². The average molecular weight is 773 g/mol. The van der Waals surface area contributed by atoms with Gasteiger partial charge in [0, 0.05) is 75.1 Å². The third-order valence-corrected chi connectivity index (χ3v) is 10.8. The topological polar surface area (TPSA) is 38.7 Å². The summed E-state index contributed by atoms with van der Waals surface area (Å²) in [5.74, 6) is 0. The van der Waals surface area contributed by atoms with E-state index in [0.717, 1.165) is 97.4 Å². The van der Waals surface area contributed by atoms with Gasteiger partial charge in [-0.1, -0.05) is 72.8 Å². The van der Waals surface area contributed by atoms with Crippen molar-refractivity contribution in [1.29, 1.82) is 0 Å². The molecule has 0 saturated heterocycles. The Morgan fingerprint density at radius 2 is 0.448 bits per heavy atom. The Kier molecular flexibility index (Phi) is 16.5. The molecule has 6 nitrogen and oxygen atoms in total. The van der Waals surface area contributed by atoms with E-state index in [-0.39, 0.29) is 0 Å². The van der Waals surface area contributed by atoms with Crippen molar-refractivity contribution in [3.8, 4) is 0 Å². The van der Waals surface area contributed by atoms with E-state index >= 15 is 0 Å². The van der Waals surface area contributed by atoms with E-state index in [1.165, 1.54) is 22.7 Å². The second kappa shape index (κ2) is 22.2. The van der Waals surface area contributed by atoms with Gasteiger partial charge < -0.3 is 19.6 Å². The second-order valence-corrected chi connectivity index (χ2v) is 14.2. The summed E-state index contributed by atoms with van der Waals surface area (Å²) in [4.78, 5) is 20.1. The normalized spacial score (nSPS) is 11.7. The predicted octanol–water partition coefficient (Wildman–Crippen LogP) is 12.5. The highest BCUT2D eigenvalue weighted by molar-refractivity contribution is 5.82. The first-order chi connectivity index (χ1) is 28.4. The summed E-state index contributed by atoms with van der Waals surface area (Å²) in [5, 5.41) is 0. The van der Waals surface area contributed by atoms with Gasteiger partial charge >= 0.3 is 0 Å². The number of hydrogen-bond donors (Lipinski definition) is 0. The molecule has 0 radical (unpaired) electrons. The number of nitrogens with zero attached hydrogens (tertiary/aromatic N) is 6. The molecule has 0 aliphatic carbocycles. The highest BCUT2D eigenvalue weighted by Gasteiger charge is 2.10. The molecule has 58 heavy (non-hydrogen) atoms. The SMILES string of the molecule is CCN(CC)c1ccc(C=Cc2nc(C=Cc3ccc(N(CC)CC)cc3)c(C=Cc3ccc(N(CC)CC)cc3)nc2C=Cc2ccc(N(CC)CC)cc2)cc1. The second-order valence-electron chi connectivity index (χ2n) is 14.2. The van der Waals surface area contributed by atoms with Gasteiger partial charge in [-0.15, -0.1) is 0 Å². The van der Waals surface area contributed by atoms with Crippen LogP contribution >= 0.6 is 0 Å². The first-order valence-corrected chi connectivity index (χ1v) is 21.4. The molecule has 4 aromatic carbocycles. The molecule has 5 rings (SSSR count). The third kappa shape index (κ3) is 11.6. The molecule has 0 spiro atoms. The molecule has 0 N–H and O–H groups in total. The quantitative estimate of drug-likeness (QED) is 0.0784. The van der Waals surface area contributed by atoms with Crippen LogP contribution in [0.2, 0.25) is 0 Å². The van der Waals surface area contributed by atoms with Crippen molar-refractivity contribution < 1.29 is 0 Å². The number of anilines is 4. The molecular formula is C52H64N6. The zero-order valence-electron chi connectivity index (χ0n) is 36.2. The Hall–Kier alpha value is -5.88. The zero-order chi connectivity index (χ0) is 41.3. The van der Waals surface area contributed by atoms with Crippen molar-refractivity contribution in [2.45, 2.75) is 55.4 Å². The number of hydrogen-bond acceptors (Lipinski definition) is 6. The fraction of sp³-hybridized carbons (Fsp3) is 0.308. The molecule has 1 aromatic heterocycles. The van der Waals surface area contributed by atoms with Crippen LogP contribution in [0, 0.1) is 0 Å². The maximum Gasteiger partial charge on any atom is 0.0894 e. The molecule has 1 heterocycles. The van der Waals surface area contributed by atoms with Crippen molar-refractivity contribution in [2.75, 3.05) is 72.0 Å². The largest absolute Gasteiger partial charge is 0.372 e. The molecule has 0 amide bonds. The summed E-state index contributed by atoms with van der Waals surface area (Å²) in [5.41, 5.74) is 12.6. The van der Waals surface area contributed by atoms with Gasteiger partial charge in [-0.3, -0.25) is 0 Å². The molecular weight excluding hydrogens is 709 g/mol. The van der Waals surface area contributed by atoms with Crippen LogP contribution in [0.25, 0.3) is 48.6 Å². The number of benzene rings is 4. The Labute approximate surface area is 349 Å². The minimum atomic E-state index is 0.807. The summed E-state index contributed by atoms with van der Waals surface area (Å²) in [6.45, 7) is 25.4. The summed E-state index contributed by atoms with van der Waals surface area (Å²) in [7, 11) is 0. The van der Waals surface area contributed by atoms with Crippen LogP contribution in [0.1, 0.15) is 100 Å². The Bertz CT molecular complexity index is 1790. The van der Waals surface area contributed by atoms with E-state index < -0.39 is 0 Å². The lowest BCUT2D eigenvalue weighted by molar-refractivity contribution is 0.866. The Morgan fingerprint density at radius 1 is 0.276 bits per heavy atom. The lowest BCUT2D eigenvalue weighted by Gasteiger charge is -2.20. The van der Waals surface area contributed by atoms with Gasteiger partial charge in [0.1, 0.15) is 0 Å². The molecule has 0 bridgehead atoms. The van der Waals surface area contributed by atoms with Crippen LogP contribution < -0.4 is 19.6 Å². The first-order valence-electron chi connectivity index (χ1n) is 21.4. The molecule has 5 aromatic rings.